The van der Waals surface area contributed by atoms with Crippen LogP contribution in [0.4, 0.5) is 34.1 Å². The second-order valence-corrected chi connectivity index (χ2v) is 20.0. The summed E-state index contributed by atoms with van der Waals surface area (Å²) in [6, 6.07) is 31.4. The molecule has 2 heterocycles. The van der Waals surface area contributed by atoms with E-state index in [1.165, 1.54) is 37.4 Å². The summed E-state index contributed by atoms with van der Waals surface area (Å²) >= 11 is 0. The molecular formula is C43H56Cl2N8O7S3. The number of hydrogen-bond donors (Lipinski definition) is 5. The van der Waals surface area contributed by atoms with E-state index in [-0.39, 0.29) is 50.9 Å². The Bertz CT molecular complexity index is 2580. The Labute approximate surface area is 384 Å². The number of nitrogens with one attached hydrogen (secondary N) is 4. The fraction of sp³-hybridized carbons (Fsp3) is 0.302. The van der Waals surface area contributed by atoms with E-state index in [4.69, 9.17) is 10.5 Å². The normalized spacial score (nSPS) is 14.6. The molecule has 0 aliphatic carbocycles. The van der Waals surface area contributed by atoms with Gasteiger partial charge in [0.15, 0.2) is 0 Å². The molecule has 15 nitrogen and oxygen atoms in total. The number of nitrogens with two attached hydrogens (primary N) is 1. The summed E-state index contributed by atoms with van der Waals surface area (Å²) in [5, 5.41) is 6.69. The summed E-state index contributed by atoms with van der Waals surface area (Å²) in [5.74, 6) is 0.661. The van der Waals surface area contributed by atoms with Crippen LogP contribution in [0, 0.1) is 6.92 Å². The third kappa shape index (κ3) is 13.1. The standard InChI is InChI=1S/C25H30N4O4S2.C18H24N4O3S.2ClH/c1-20-9-12-22(13-10-20)34(30,31)27-24-19-21(29-17-6-15-26-16-18-29)11-14-25(24)28(2)35(32,33)23-7-4-3-5-8-23;1-25-15-5-3-14(4-6-15)21-26(23,24)16-7-8-18(17(19)13-16)22-11-2-9-20-10-12-22;;/h3-5,7-14,19,26-27H,6,15-18H2,1-2H3;3-8,13,20-21H,2,9-12,19H2,1H3;2*1H. The molecule has 20 heteroatoms. The van der Waals surface area contributed by atoms with Gasteiger partial charge in [0, 0.05) is 57.7 Å². The van der Waals surface area contributed by atoms with Crippen LogP contribution in [0.2, 0.25) is 0 Å². The lowest BCUT2D eigenvalue weighted by atomic mass is 10.2. The maximum Gasteiger partial charge on any atom is 0.264 e. The Morgan fingerprint density at radius 3 is 1.84 bits per heavy atom. The first-order valence-corrected chi connectivity index (χ1v) is 24.3. The highest BCUT2D eigenvalue weighted by Gasteiger charge is 2.26. The first-order chi connectivity index (χ1) is 29.2. The molecule has 2 saturated heterocycles. The second-order valence-electron chi connectivity index (χ2n) is 14.6. The summed E-state index contributed by atoms with van der Waals surface area (Å²) in [7, 11) is -8.59. The van der Waals surface area contributed by atoms with Crippen molar-refractivity contribution in [3.8, 4) is 5.75 Å². The molecule has 0 bridgehead atoms. The fourth-order valence-electron chi connectivity index (χ4n) is 6.93. The smallest absolute Gasteiger partial charge is 0.264 e. The summed E-state index contributed by atoms with van der Waals surface area (Å²) in [5.41, 5.74) is 10.2. The maximum atomic E-state index is 13.3. The lowest BCUT2D eigenvalue weighted by molar-refractivity contribution is 0.415. The quantitative estimate of drug-likeness (QED) is 0.0898. The van der Waals surface area contributed by atoms with Gasteiger partial charge in [0.05, 0.1) is 44.5 Å². The van der Waals surface area contributed by atoms with Gasteiger partial charge in [-0.3, -0.25) is 13.7 Å². The third-order valence-corrected chi connectivity index (χ3v) is 14.9. The Morgan fingerprint density at radius 2 is 1.22 bits per heavy atom. The number of nitrogen functional groups attached to an aromatic ring is 1. The molecule has 2 aliphatic rings. The predicted octanol–water partition coefficient (Wildman–Crippen LogP) is 6.14. The minimum atomic E-state index is -3.95. The van der Waals surface area contributed by atoms with Crippen molar-refractivity contribution < 1.29 is 30.0 Å². The van der Waals surface area contributed by atoms with E-state index in [0.717, 1.165) is 86.4 Å². The minimum Gasteiger partial charge on any atom is -0.497 e. The molecule has 2 aliphatic heterocycles. The van der Waals surface area contributed by atoms with Crippen LogP contribution in [0.1, 0.15) is 18.4 Å². The van der Waals surface area contributed by atoms with Crippen LogP contribution in [0.5, 0.6) is 5.75 Å². The van der Waals surface area contributed by atoms with Crippen molar-refractivity contribution in [1.29, 1.82) is 0 Å². The number of benzene rings is 5. The lowest BCUT2D eigenvalue weighted by Crippen LogP contribution is -2.29. The number of rotatable bonds is 12. The summed E-state index contributed by atoms with van der Waals surface area (Å²) in [6.45, 7) is 8.80. The molecule has 0 atom stereocenters. The largest absolute Gasteiger partial charge is 0.497 e. The molecule has 2 fully saturated rings. The summed E-state index contributed by atoms with van der Waals surface area (Å²) in [6.07, 6.45) is 1.98. The van der Waals surface area contributed by atoms with Crippen molar-refractivity contribution in [2.75, 3.05) is 95.8 Å². The van der Waals surface area contributed by atoms with Crippen molar-refractivity contribution in [3.63, 3.8) is 0 Å². The van der Waals surface area contributed by atoms with Crippen LogP contribution in [0.3, 0.4) is 0 Å². The van der Waals surface area contributed by atoms with E-state index in [0.29, 0.717) is 17.1 Å². The lowest BCUT2D eigenvalue weighted by Gasteiger charge is -2.27. The van der Waals surface area contributed by atoms with Crippen molar-refractivity contribution in [2.24, 2.45) is 0 Å². The van der Waals surface area contributed by atoms with Gasteiger partial charge in [-0.2, -0.15) is 0 Å². The molecule has 5 aromatic carbocycles. The minimum absolute atomic E-state index is 0. The molecule has 0 spiro atoms. The van der Waals surface area contributed by atoms with Gasteiger partial charge >= 0.3 is 0 Å². The molecule has 0 aromatic heterocycles. The van der Waals surface area contributed by atoms with E-state index in [9.17, 15) is 25.3 Å². The average Bonchev–Trinajstić information content (AvgIpc) is 3.71. The van der Waals surface area contributed by atoms with Gasteiger partial charge in [-0.1, -0.05) is 35.9 Å². The first-order valence-electron chi connectivity index (χ1n) is 19.9. The number of aryl methyl sites for hydroxylation is 1. The van der Waals surface area contributed by atoms with Crippen LogP contribution in [-0.2, 0) is 30.1 Å². The topological polar surface area (TPSA) is 196 Å². The van der Waals surface area contributed by atoms with Crippen LogP contribution >= 0.6 is 24.8 Å². The number of ether oxygens (including phenoxy) is 1. The van der Waals surface area contributed by atoms with Gasteiger partial charge < -0.3 is 30.9 Å². The fourth-order valence-corrected chi connectivity index (χ4v) is 10.3. The van der Waals surface area contributed by atoms with Crippen LogP contribution in [0.25, 0.3) is 0 Å². The van der Waals surface area contributed by atoms with Crippen LogP contribution < -0.4 is 44.7 Å². The number of anilines is 6. The van der Waals surface area contributed by atoms with Crippen molar-refractivity contribution in [1.82, 2.24) is 10.6 Å². The molecule has 7 rings (SSSR count). The molecule has 63 heavy (non-hydrogen) atoms. The van der Waals surface area contributed by atoms with Crippen molar-refractivity contribution >= 4 is 89.0 Å². The molecule has 342 valence electrons. The highest BCUT2D eigenvalue weighted by molar-refractivity contribution is 7.93. The molecule has 0 saturated carbocycles. The number of nitrogens with zero attached hydrogens (tertiary/aromatic N) is 3. The van der Waals surface area contributed by atoms with Crippen molar-refractivity contribution in [3.05, 3.63) is 121 Å². The van der Waals surface area contributed by atoms with E-state index in [1.54, 1.807) is 86.0 Å². The molecule has 0 unspecified atom stereocenters. The summed E-state index contributed by atoms with van der Waals surface area (Å²) in [4.78, 5) is 4.72. The average molecular weight is 964 g/mol. The number of methoxy groups -OCH3 is 1. The van der Waals surface area contributed by atoms with Gasteiger partial charge in [0.25, 0.3) is 30.1 Å². The highest BCUT2D eigenvalue weighted by Crippen LogP contribution is 2.35. The third-order valence-electron chi connectivity index (χ3n) is 10.3. The zero-order valence-electron chi connectivity index (χ0n) is 35.4. The summed E-state index contributed by atoms with van der Waals surface area (Å²) < 4.78 is 89.8. The SMILES string of the molecule is COc1ccc(NS(=O)(=O)c2ccc(N3CCCNCC3)c(N)c2)cc1.Cc1ccc(S(=O)(=O)Nc2cc(N3CCCNCC3)ccc2N(C)S(=O)(=O)c2ccccc2)cc1.Cl.Cl. The molecular weight excluding hydrogens is 908 g/mol. The Hall–Kier alpha value is -4.95. The Morgan fingerprint density at radius 1 is 0.635 bits per heavy atom. The van der Waals surface area contributed by atoms with E-state index >= 15 is 0 Å². The molecule has 6 N–H and O–H groups in total. The Balaban J connectivity index is 0.000000279. The van der Waals surface area contributed by atoms with E-state index in [2.05, 4.69) is 29.9 Å². The van der Waals surface area contributed by atoms with E-state index in [1.807, 2.05) is 13.0 Å². The van der Waals surface area contributed by atoms with Crippen LogP contribution in [0.15, 0.2) is 130 Å². The van der Waals surface area contributed by atoms with Gasteiger partial charge in [0.2, 0.25) is 0 Å². The highest BCUT2D eigenvalue weighted by atomic mass is 35.5. The first kappa shape index (κ1) is 50.7. The van der Waals surface area contributed by atoms with Gasteiger partial charge in [-0.05, 0) is 118 Å². The van der Waals surface area contributed by atoms with Gasteiger partial charge in [0.1, 0.15) is 5.75 Å². The number of halogens is 2. The molecule has 0 radical (unpaired) electrons. The zero-order valence-corrected chi connectivity index (χ0v) is 39.4. The zero-order chi connectivity index (χ0) is 43.6. The Kier molecular flexibility index (Phi) is 18.2. The maximum absolute atomic E-state index is 13.3. The molecule has 0 amide bonds. The number of sulfonamides is 3. The monoisotopic (exact) mass is 962 g/mol. The number of hydrogen-bond acceptors (Lipinski definition) is 12. The van der Waals surface area contributed by atoms with Crippen molar-refractivity contribution in [2.45, 2.75) is 34.5 Å². The van der Waals surface area contributed by atoms with Gasteiger partial charge in [-0.25, -0.2) is 25.3 Å². The van der Waals surface area contributed by atoms with Gasteiger partial charge in [-0.15, -0.1) is 24.8 Å². The van der Waals surface area contributed by atoms with Crippen LogP contribution in [-0.4, -0.2) is 91.8 Å². The van der Waals surface area contributed by atoms with E-state index < -0.39 is 30.1 Å². The molecule has 5 aromatic rings. The predicted molar refractivity (Wildman–Crippen MR) is 259 cm³/mol. The second kappa shape index (κ2) is 22.6.